The highest BCUT2D eigenvalue weighted by atomic mass is 32.2. The van der Waals surface area contributed by atoms with Crippen molar-refractivity contribution < 1.29 is 0 Å². The van der Waals surface area contributed by atoms with Crippen molar-refractivity contribution in [2.24, 2.45) is 4.99 Å². The van der Waals surface area contributed by atoms with E-state index >= 15 is 0 Å². The lowest BCUT2D eigenvalue weighted by Crippen LogP contribution is -2.52. The van der Waals surface area contributed by atoms with Crippen molar-refractivity contribution >= 4 is 23.4 Å². The number of piperazine rings is 1. The van der Waals surface area contributed by atoms with Gasteiger partial charge in [0.05, 0.1) is 0 Å². The molecule has 0 bridgehead atoms. The van der Waals surface area contributed by atoms with Gasteiger partial charge in [0.15, 0.2) is 5.96 Å². The Bertz CT molecular complexity index is 510. The van der Waals surface area contributed by atoms with Crippen molar-refractivity contribution in [2.75, 3.05) is 56.2 Å². The number of guanidine groups is 1. The number of hydrogen-bond acceptors (Lipinski definition) is 3. The first-order valence-electron chi connectivity index (χ1n) is 9.08. The monoisotopic (exact) mass is 348 g/mol. The summed E-state index contributed by atoms with van der Waals surface area (Å²) >= 11 is 1.92. The molecule has 1 aromatic rings. The van der Waals surface area contributed by atoms with Crippen LogP contribution in [0.4, 0.5) is 5.69 Å². The van der Waals surface area contributed by atoms with Crippen LogP contribution in [-0.2, 0) is 0 Å². The van der Waals surface area contributed by atoms with Crippen molar-refractivity contribution in [1.82, 2.24) is 10.2 Å². The number of unbranched alkanes of at least 4 members (excludes halogenated alkanes) is 1. The van der Waals surface area contributed by atoms with Gasteiger partial charge in [-0.3, -0.25) is 4.99 Å². The van der Waals surface area contributed by atoms with Crippen LogP contribution >= 0.6 is 11.8 Å². The highest BCUT2D eigenvalue weighted by Gasteiger charge is 2.19. The Morgan fingerprint density at radius 1 is 1.21 bits per heavy atom. The van der Waals surface area contributed by atoms with E-state index in [1.807, 2.05) is 11.8 Å². The largest absolute Gasteiger partial charge is 0.368 e. The SMILES string of the molecule is CCNC(=NCCCCSC)N1CCN(c2cccc(C)c2)CC1. The number of thioether (sulfide) groups is 1. The lowest BCUT2D eigenvalue weighted by Gasteiger charge is -2.37. The van der Waals surface area contributed by atoms with Gasteiger partial charge in [0, 0.05) is 45.0 Å². The van der Waals surface area contributed by atoms with Crippen LogP contribution < -0.4 is 10.2 Å². The van der Waals surface area contributed by atoms with E-state index in [2.05, 4.69) is 59.5 Å². The Morgan fingerprint density at radius 3 is 2.67 bits per heavy atom. The van der Waals surface area contributed by atoms with Crippen molar-refractivity contribution in [3.63, 3.8) is 0 Å². The Balaban J connectivity index is 1.86. The summed E-state index contributed by atoms with van der Waals surface area (Å²) < 4.78 is 0. The first-order valence-corrected chi connectivity index (χ1v) is 10.5. The van der Waals surface area contributed by atoms with Gasteiger partial charge in [0.25, 0.3) is 0 Å². The number of aliphatic imine (C=N–C) groups is 1. The Kier molecular flexibility index (Phi) is 8.29. The van der Waals surface area contributed by atoms with Gasteiger partial charge in [-0.2, -0.15) is 11.8 Å². The highest BCUT2D eigenvalue weighted by Crippen LogP contribution is 2.17. The fraction of sp³-hybridized carbons (Fsp3) is 0.632. The van der Waals surface area contributed by atoms with E-state index in [4.69, 9.17) is 4.99 Å². The van der Waals surface area contributed by atoms with E-state index in [0.717, 1.165) is 45.2 Å². The average molecular weight is 349 g/mol. The summed E-state index contributed by atoms with van der Waals surface area (Å²) in [5.74, 6) is 2.33. The van der Waals surface area contributed by atoms with E-state index in [1.54, 1.807) is 0 Å². The number of rotatable bonds is 7. The molecule has 1 heterocycles. The van der Waals surface area contributed by atoms with Crippen molar-refractivity contribution in [3.8, 4) is 0 Å². The molecule has 0 atom stereocenters. The molecule has 0 spiro atoms. The molecular weight excluding hydrogens is 316 g/mol. The van der Waals surface area contributed by atoms with Gasteiger partial charge >= 0.3 is 0 Å². The van der Waals surface area contributed by atoms with Crippen LogP contribution in [0.5, 0.6) is 0 Å². The van der Waals surface area contributed by atoms with Crippen LogP contribution in [-0.4, -0.2) is 62.1 Å². The summed E-state index contributed by atoms with van der Waals surface area (Å²) in [6, 6.07) is 8.80. The van der Waals surface area contributed by atoms with E-state index in [0.29, 0.717) is 0 Å². The molecule has 5 heteroatoms. The molecule has 134 valence electrons. The molecule has 0 radical (unpaired) electrons. The first kappa shape index (κ1) is 19.0. The van der Waals surface area contributed by atoms with Crippen LogP contribution in [0.2, 0.25) is 0 Å². The quantitative estimate of drug-likeness (QED) is 0.466. The molecule has 0 aromatic heterocycles. The number of hydrogen-bond donors (Lipinski definition) is 1. The number of nitrogens with one attached hydrogen (secondary N) is 1. The van der Waals surface area contributed by atoms with Crippen LogP contribution in [0.3, 0.4) is 0 Å². The smallest absolute Gasteiger partial charge is 0.194 e. The van der Waals surface area contributed by atoms with Crippen LogP contribution in [0.15, 0.2) is 29.3 Å². The lowest BCUT2D eigenvalue weighted by molar-refractivity contribution is 0.372. The van der Waals surface area contributed by atoms with Gasteiger partial charge in [-0.15, -0.1) is 0 Å². The summed E-state index contributed by atoms with van der Waals surface area (Å²) in [7, 11) is 0. The summed E-state index contributed by atoms with van der Waals surface area (Å²) in [4.78, 5) is 9.71. The summed E-state index contributed by atoms with van der Waals surface area (Å²) in [6.07, 6.45) is 4.60. The number of aryl methyl sites for hydroxylation is 1. The Morgan fingerprint density at radius 2 is 2.00 bits per heavy atom. The van der Waals surface area contributed by atoms with Crippen molar-refractivity contribution in [2.45, 2.75) is 26.7 Å². The average Bonchev–Trinajstić information content (AvgIpc) is 2.61. The van der Waals surface area contributed by atoms with Gasteiger partial charge in [0.2, 0.25) is 0 Å². The minimum atomic E-state index is 0.932. The van der Waals surface area contributed by atoms with Gasteiger partial charge in [-0.25, -0.2) is 0 Å². The van der Waals surface area contributed by atoms with E-state index in [1.165, 1.54) is 29.8 Å². The molecule has 1 fully saturated rings. The summed E-state index contributed by atoms with van der Waals surface area (Å²) in [5, 5.41) is 3.46. The fourth-order valence-electron chi connectivity index (χ4n) is 2.97. The van der Waals surface area contributed by atoms with Crippen LogP contribution in [0, 0.1) is 6.92 Å². The van der Waals surface area contributed by atoms with Gasteiger partial charge < -0.3 is 15.1 Å². The second kappa shape index (κ2) is 10.5. The summed E-state index contributed by atoms with van der Waals surface area (Å²) in [5.41, 5.74) is 2.67. The standard InChI is InChI=1S/C19H32N4S/c1-4-20-19(21-10-5-6-15-24-3)23-13-11-22(12-14-23)18-9-7-8-17(2)16-18/h7-9,16H,4-6,10-15H2,1-3H3,(H,20,21). The van der Waals surface area contributed by atoms with Crippen molar-refractivity contribution in [1.29, 1.82) is 0 Å². The summed E-state index contributed by atoms with van der Waals surface area (Å²) in [6.45, 7) is 10.3. The topological polar surface area (TPSA) is 30.9 Å². The molecule has 4 nitrogen and oxygen atoms in total. The van der Waals surface area contributed by atoms with Gasteiger partial charge in [0.1, 0.15) is 0 Å². The first-order chi connectivity index (χ1) is 11.7. The highest BCUT2D eigenvalue weighted by molar-refractivity contribution is 7.98. The molecule has 0 amide bonds. The van der Waals surface area contributed by atoms with Gasteiger partial charge in [-0.1, -0.05) is 12.1 Å². The normalized spacial score (nSPS) is 15.7. The third kappa shape index (κ3) is 5.93. The molecule has 1 aliphatic rings. The van der Waals surface area contributed by atoms with E-state index < -0.39 is 0 Å². The lowest BCUT2D eigenvalue weighted by atomic mass is 10.2. The third-order valence-electron chi connectivity index (χ3n) is 4.30. The number of anilines is 1. The molecule has 1 saturated heterocycles. The van der Waals surface area contributed by atoms with E-state index in [9.17, 15) is 0 Å². The molecule has 0 saturated carbocycles. The molecule has 1 aliphatic heterocycles. The maximum absolute atomic E-state index is 4.82. The molecule has 24 heavy (non-hydrogen) atoms. The minimum Gasteiger partial charge on any atom is -0.368 e. The maximum atomic E-state index is 4.82. The second-order valence-corrected chi connectivity index (χ2v) is 7.23. The molecule has 0 aliphatic carbocycles. The zero-order valence-electron chi connectivity index (χ0n) is 15.4. The van der Waals surface area contributed by atoms with Crippen LogP contribution in [0.25, 0.3) is 0 Å². The molecular formula is C19H32N4S. The predicted octanol–water partition coefficient (Wildman–Crippen LogP) is 3.23. The Labute approximate surface area is 151 Å². The minimum absolute atomic E-state index is 0.932. The third-order valence-corrected chi connectivity index (χ3v) is 5.00. The molecule has 1 aromatic carbocycles. The van der Waals surface area contributed by atoms with Gasteiger partial charge in [-0.05, 0) is 56.4 Å². The van der Waals surface area contributed by atoms with E-state index in [-0.39, 0.29) is 0 Å². The molecule has 0 unspecified atom stereocenters. The zero-order valence-corrected chi connectivity index (χ0v) is 16.2. The van der Waals surface area contributed by atoms with Crippen LogP contribution in [0.1, 0.15) is 25.3 Å². The van der Waals surface area contributed by atoms with Crippen molar-refractivity contribution in [3.05, 3.63) is 29.8 Å². The molecule has 2 rings (SSSR count). The molecule has 1 N–H and O–H groups in total. The fourth-order valence-corrected chi connectivity index (χ4v) is 3.46. The Hall–Kier alpha value is -1.36. The maximum Gasteiger partial charge on any atom is 0.194 e. The number of benzene rings is 1. The zero-order chi connectivity index (χ0) is 17.2. The predicted molar refractivity (Wildman–Crippen MR) is 109 cm³/mol. The second-order valence-electron chi connectivity index (χ2n) is 6.25. The number of nitrogens with zero attached hydrogens (tertiary/aromatic N) is 3.